The van der Waals surface area contributed by atoms with Crippen molar-refractivity contribution in [3.63, 3.8) is 0 Å². The van der Waals surface area contributed by atoms with Crippen molar-refractivity contribution in [2.45, 2.75) is 39.2 Å². The Morgan fingerprint density at radius 3 is 2.70 bits per heavy atom. The van der Waals surface area contributed by atoms with Crippen molar-refractivity contribution in [3.8, 4) is 0 Å². The number of carbonyl (C=O) groups is 3. The number of carbonyl (C=O) groups excluding carboxylic acids is 3. The third-order valence-electron chi connectivity index (χ3n) is 6.02. The highest BCUT2D eigenvalue weighted by molar-refractivity contribution is 6.07. The molecule has 0 aliphatic heterocycles. The molecule has 1 aliphatic rings. The van der Waals surface area contributed by atoms with Crippen LogP contribution in [0, 0.1) is 10.1 Å². The maximum absolute atomic E-state index is 13.4. The van der Waals surface area contributed by atoms with E-state index in [1.165, 1.54) is 19.1 Å². The highest BCUT2D eigenvalue weighted by Gasteiger charge is 2.28. The Kier molecular flexibility index (Phi) is 7.57. The molecule has 1 unspecified atom stereocenters. The van der Waals surface area contributed by atoms with E-state index in [4.69, 9.17) is 9.72 Å². The number of nitrogens with one attached hydrogen (secondary N) is 2. The Labute approximate surface area is 212 Å². The summed E-state index contributed by atoms with van der Waals surface area (Å²) in [4.78, 5) is 53.1. The number of ether oxygens (including phenoxy) is 1. The summed E-state index contributed by atoms with van der Waals surface area (Å²) >= 11 is 0. The fraction of sp³-hybridized carbons (Fsp3) is 0.259. The van der Waals surface area contributed by atoms with Gasteiger partial charge >= 0.3 is 12.0 Å². The van der Waals surface area contributed by atoms with E-state index in [1.807, 2.05) is 12.1 Å². The maximum atomic E-state index is 13.4. The van der Waals surface area contributed by atoms with Crippen LogP contribution in [0.5, 0.6) is 0 Å². The minimum Gasteiger partial charge on any atom is -0.449 e. The van der Waals surface area contributed by atoms with Crippen molar-refractivity contribution < 1.29 is 24.0 Å². The van der Waals surface area contributed by atoms with Crippen molar-refractivity contribution in [2.24, 2.45) is 0 Å². The second-order valence-corrected chi connectivity index (χ2v) is 8.60. The monoisotopic (exact) mass is 502 g/mol. The van der Waals surface area contributed by atoms with Gasteiger partial charge in [0.1, 0.15) is 0 Å². The van der Waals surface area contributed by atoms with Crippen molar-refractivity contribution in [1.29, 1.82) is 0 Å². The van der Waals surface area contributed by atoms with E-state index in [0.29, 0.717) is 52.7 Å². The lowest BCUT2D eigenvalue weighted by molar-refractivity contribution is -0.384. The Hall–Kier alpha value is -4.60. The molecular weight excluding hydrogens is 476 g/mol. The zero-order valence-corrected chi connectivity index (χ0v) is 20.4. The van der Waals surface area contributed by atoms with Crippen LogP contribution in [0.2, 0.25) is 0 Å². The molecule has 2 N–H and O–H groups in total. The number of benzene rings is 2. The summed E-state index contributed by atoms with van der Waals surface area (Å²) in [6.07, 6.45) is 2.64. The minimum absolute atomic E-state index is 0.0130. The van der Waals surface area contributed by atoms with Gasteiger partial charge in [-0.3, -0.25) is 20.2 Å². The van der Waals surface area contributed by atoms with Crippen molar-refractivity contribution in [1.82, 2.24) is 15.6 Å². The number of nitro benzene ring substituents is 1. The van der Waals surface area contributed by atoms with E-state index >= 15 is 0 Å². The number of urea groups is 1. The number of allylic oxidation sites excluding steroid dienone is 1. The van der Waals surface area contributed by atoms with Gasteiger partial charge < -0.3 is 10.1 Å². The normalized spacial score (nSPS) is 14.5. The van der Waals surface area contributed by atoms with Gasteiger partial charge in [-0.2, -0.15) is 0 Å². The zero-order chi connectivity index (χ0) is 26.5. The molecule has 1 aromatic heterocycles. The molecule has 0 saturated carbocycles. The summed E-state index contributed by atoms with van der Waals surface area (Å²) in [7, 11) is 0. The highest BCUT2D eigenvalue weighted by Crippen LogP contribution is 2.36. The molecule has 3 amide bonds. The first-order chi connectivity index (χ1) is 17.8. The van der Waals surface area contributed by atoms with Crippen molar-refractivity contribution in [3.05, 3.63) is 81.0 Å². The van der Waals surface area contributed by atoms with Gasteiger partial charge in [0, 0.05) is 24.1 Å². The van der Waals surface area contributed by atoms with Crippen LogP contribution in [0.15, 0.2) is 48.5 Å². The van der Waals surface area contributed by atoms with E-state index < -0.39 is 28.9 Å². The van der Waals surface area contributed by atoms with Crippen molar-refractivity contribution >= 4 is 46.1 Å². The van der Waals surface area contributed by atoms with Crippen LogP contribution in [0.1, 0.15) is 53.9 Å². The quantitative estimate of drug-likeness (QED) is 0.289. The number of imide groups is 1. The lowest BCUT2D eigenvalue weighted by Crippen LogP contribution is -2.44. The number of para-hydroxylation sites is 1. The number of nitrogens with zero attached hydrogens (tertiary/aromatic N) is 2. The fourth-order valence-electron chi connectivity index (χ4n) is 4.33. The number of pyridine rings is 1. The lowest BCUT2D eigenvalue weighted by Gasteiger charge is -2.23. The van der Waals surface area contributed by atoms with E-state index in [-0.39, 0.29) is 5.69 Å². The van der Waals surface area contributed by atoms with Crippen LogP contribution < -0.4 is 10.6 Å². The summed E-state index contributed by atoms with van der Waals surface area (Å²) in [6.45, 7) is 3.46. The zero-order valence-electron chi connectivity index (χ0n) is 20.4. The number of amides is 3. The third-order valence-corrected chi connectivity index (χ3v) is 6.02. The van der Waals surface area contributed by atoms with E-state index in [0.717, 1.165) is 12.0 Å². The van der Waals surface area contributed by atoms with Crippen LogP contribution in [0.4, 0.5) is 10.5 Å². The number of hydrogen-bond acceptors (Lipinski definition) is 7. The van der Waals surface area contributed by atoms with Crippen LogP contribution in [-0.2, 0) is 16.0 Å². The smallest absolute Gasteiger partial charge is 0.339 e. The summed E-state index contributed by atoms with van der Waals surface area (Å²) < 4.78 is 5.49. The standard InChI is InChI=1S/C27H26N4O6/c1-3-28-27(34)30-25(32)16(2)37-26(33)23-20-11-4-5-13-22(20)29-24-18(9-7-12-21(23)24)14-17-8-6-10-19(15-17)31(35)36/h4-6,8,10-11,13-16H,3,7,9,12H2,1-2H3,(H2,28,30,32,34). The molecule has 0 radical (unpaired) electrons. The molecule has 0 fully saturated rings. The summed E-state index contributed by atoms with van der Waals surface area (Å²) in [6, 6.07) is 12.8. The largest absolute Gasteiger partial charge is 0.449 e. The number of fused-ring (bicyclic) bond motifs is 2. The number of hydrogen-bond donors (Lipinski definition) is 2. The molecule has 0 saturated heterocycles. The molecule has 1 aliphatic carbocycles. The second kappa shape index (κ2) is 11.0. The van der Waals surface area contributed by atoms with Crippen LogP contribution in [0.3, 0.4) is 0 Å². The van der Waals surface area contributed by atoms with Crippen molar-refractivity contribution in [2.75, 3.05) is 6.54 Å². The predicted molar refractivity (Wildman–Crippen MR) is 138 cm³/mol. The van der Waals surface area contributed by atoms with Crippen LogP contribution in [-0.4, -0.2) is 40.5 Å². The molecule has 1 atom stereocenters. The molecule has 1 heterocycles. The number of rotatable bonds is 6. The summed E-state index contributed by atoms with van der Waals surface area (Å²) in [5.74, 6) is -1.43. The molecule has 4 rings (SSSR count). The number of esters is 1. The molecule has 2 aromatic carbocycles. The van der Waals surface area contributed by atoms with E-state index in [1.54, 1.807) is 37.3 Å². The summed E-state index contributed by atoms with van der Waals surface area (Å²) in [5.41, 5.74) is 3.73. The van der Waals surface area contributed by atoms with Gasteiger partial charge in [-0.15, -0.1) is 0 Å². The topological polar surface area (TPSA) is 141 Å². The molecular formula is C27H26N4O6. The van der Waals surface area contributed by atoms with Crippen LogP contribution in [0.25, 0.3) is 22.6 Å². The maximum Gasteiger partial charge on any atom is 0.339 e. The number of nitro groups is 1. The van der Waals surface area contributed by atoms with Gasteiger partial charge in [-0.1, -0.05) is 30.3 Å². The van der Waals surface area contributed by atoms with Crippen LogP contribution >= 0.6 is 0 Å². The molecule has 3 aromatic rings. The first kappa shape index (κ1) is 25.5. The van der Waals surface area contributed by atoms with Gasteiger partial charge in [0.25, 0.3) is 11.6 Å². The molecule has 10 nitrogen and oxygen atoms in total. The highest BCUT2D eigenvalue weighted by atomic mass is 16.6. The lowest BCUT2D eigenvalue weighted by atomic mass is 9.86. The Morgan fingerprint density at radius 2 is 1.95 bits per heavy atom. The van der Waals surface area contributed by atoms with Gasteiger partial charge in [0.05, 0.1) is 21.7 Å². The van der Waals surface area contributed by atoms with E-state index in [2.05, 4.69) is 10.6 Å². The Morgan fingerprint density at radius 1 is 1.16 bits per heavy atom. The first-order valence-electron chi connectivity index (χ1n) is 11.9. The molecule has 190 valence electrons. The van der Waals surface area contributed by atoms with Gasteiger partial charge in [-0.25, -0.2) is 14.6 Å². The minimum atomic E-state index is -1.21. The Bertz CT molecular complexity index is 1430. The SMILES string of the molecule is CCNC(=O)NC(=O)C(C)OC(=O)c1c2c(nc3ccccc13)C(=Cc1cccc([N+](=O)[O-])c1)CCC2. The van der Waals surface area contributed by atoms with E-state index in [9.17, 15) is 24.5 Å². The van der Waals surface area contributed by atoms with Gasteiger partial charge in [-0.05, 0) is 62.0 Å². The first-order valence-corrected chi connectivity index (χ1v) is 11.9. The Balaban J connectivity index is 1.73. The molecule has 10 heteroatoms. The molecule has 0 bridgehead atoms. The van der Waals surface area contributed by atoms with Gasteiger partial charge in [0.2, 0.25) is 0 Å². The fourth-order valence-corrected chi connectivity index (χ4v) is 4.33. The number of non-ortho nitro benzene ring substituents is 1. The van der Waals surface area contributed by atoms with Gasteiger partial charge in [0.15, 0.2) is 6.10 Å². The molecule has 37 heavy (non-hydrogen) atoms. The second-order valence-electron chi connectivity index (χ2n) is 8.60. The average Bonchev–Trinajstić information content (AvgIpc) is 2.87. The number of aromatic nitrogens is 1. The molecule has 0 spiro atoms. The average molecular weight is 503 g/mol. The predicted octanol–water partition coefficient (Wildman–Crippen LogP) is 4.41. The third kappa shape index (κ3) is 5.64. The summed E-state index contributed by atoms with van der Waals surface area (Å²) in [5, 5.41) is 16.4.